The fraction of sp³-hybridized carbons (Fsp3) is 0.364. The zero-order chi connectivity index (χ0) is 30.6. The van der Waals surface area contributed by atoms with E-state index in [-0.39, 0.29) is 36.7 Å². The Morgan fingerprint density at radius 1 is 0.791 bits per heavy atom. The molecule has 0 spiro atoms. The van der Waals surface area contributed by atoms with E-state index in [9.17, 15) is 19.5 Å². The third-order valence-corrected chi connectivity index (χ3v) is 8.33. The van der Waals surface area contributed by atoms with E-state index in [1.165, 1.54) is 0 Å². The van der Waals surface area contributed by atoms with Crippen molar-refractivity contribution in [1.82, 2.24) is 5.32 Å². The van der Waals surface area contributed by atoms with Crippen LogP contribution in [0.25, 0.3) is 0 Å². The average molecular weight is 608 g/mol. The number of aliphatic hydroxyl groups is 1. The summed E-state index contributed by atoms with van der Waals surface area (Å²) in [7, 11) is 0. The number of carboxylic acids is 2. The first-order chi connectivity index (χ1) is 20.8. The second-order valence-corrected chi connectivity index (χ2v) is 11.6. The summed E-state index contributed by atoms with van der Waals surface area (Å²) in [4.78, 5) is 34.9. The van der Waals surface area contributed by atoms with Crippen LogP contribution >= 0.6 is 11.8 Å². The maximum absolute atomic E-state index is 12.2. The molecule has 3 unspecified atom stereocenters. The van der Waals surface area contributed by atoms with Crippen molar-refractivity contribution in [2.45, 2.75) is 75.1 Å². The smallest absolute Gasteiger partial charge is 0.335 e. The lowest BCUT2D eigenvalue weighted by molar-refractivity contribution is -0.245. The number of aromatic carboxylic acids is 1. The lowest BCUT2D eigenvalue weighted by Gasteiger charge is -2.36. The minimum Gasteiger partial charge on any atom is -0.481 e. The highest BCUT2D eigenvalue weighted by Crippen LogP contribution is 2.39. The third-order valence-electron chi connectivity index (χ3n) is 7.19. The molecule has 0 aromatic heterocycles. The van der Waals surface area contributed by atoms with Crippen LogP contribution in [-0.2, 0) is 32.2 Å². The minimum absolute atomic E-state index is 0.0307. The van der Waals surface area contributed by atoms with Crippen molar-refractivity contribution in [3.05, 3.63) is 101 Å². The monoisotopic (exact) mass is 607 g/mol. The van der Waals surface area contributed by atoms with Crippen LogP contribution in [0.1, 0.15) is 83.5 Å². The average Bonchev–Trinajstić information content (AvgIpc) is 3.03. The number of carbonyl (C=O) groups excluding carboxylic acids is 1. The molecule has 3 atom stereocenters. The number of nitrogens with one attached hydrogen (secondary N) is 1. The first-order valence-electron chi connectivity index (χ1n) is 14.3. The van der Waals surface area contributed by atoms with Gasteiger partial charge in [0.25, 0.3) is 0 Å². The van der Waals surface area contributed by atoms with E-state index in [2.05, 4.69) is 5.32 Å². The van der Waals surface area contributed by atoms with Crippen molar-refractivity contribution >= 4 is 29.6 Å². The lowest BCUT2D eigenvalue weighted by Crippen LogP contribution is -2.31. The number of ether oxygens (including phenoxy) is 2. The summed E-state index contributed by atoms with van der Waals surface area (Å²) in [6, 6.07) is 22.2. The predicted octanol–water partition coefficient (Wildman–Crippen LogP) is 5.87. The number of hydrogen-bond donors (Lipinski definition) is 4. The Hall–Kier alpha value is -3.70. The minimum atomic E-state index is -0.958. The van der Waals surface area contributed by atoms with Gasteiger partial charge in [-0.3, -0.25) is 9.59 Å². The molecular formula is C33H37NO8S. The van der Waals surface area contributed by atoms with Crippen molar-refractivity contribution in [3.63, 3.8) is 0 Å². The van der Waals surface area contributed by atoms with Crippen LogP contribution < -0.4 is 5.32 Å². The molecular weight excluding hydrogens is 570 g/mol. The Labute approximate surface area is 255 Å². The van der Waals surface area contributed by atoms with E-state index in [4.69, 9.17) is 19.7 Å². The van der Waals surface area contributed by atoms with Crippen molar-refractivity contribution in [2.75, 3.05) is 5.75 Å². The van der Waals surface area contributed by atoms with E-state index in [0.29, 0.717) is 44.4 Å². The van der Waals surface area contributed by atoms with Crippen LogP contribution in [0.2, 0.25) is 0 Å². The van der Waals surface area contributed by atoms with Crippen molar-refractivity contribution in [1.29, 1.82) is 0 Å². The summed E-state index contributed by atoms with van der Waals surface area (Å²) < 4.78 is 12.8. The van der Waals surface area contributed by atoms with Gasteiger partial charge in [-0.15, -0.1) is 11.8 Å². The summed E-state index contributed by atoms with van der Waals surface area (Å²) in [5.74, 6) is -1.19. The van der Waals surface area contributed by atoms with Gasteiger partial charge in [-0.1, -0.05) is 55.0 Å². The van der Waals surface area contributed by atoms with Crippen LogP contribution in [0.3, 0.4) is 0 Å². The highest BCUT2D eigenvalue weighted by atomic mass is 32.2. The Bertz CT molecular complexity index is 1340. The Kier molecular flexibility index (Phi) is 12.2. The van der Waals surface area contributed by atoms with Crippen LogP contribution in [0.4, 0.5) is 0 Å². The standard InChI is InChI=1S/C33H37NO8S/c35-20-23-8-10-24(11-9-23)29-18-27(21-43-28-16-14-25(15-17-28)32(39)40)41-33(42-29)26-12-6-22(7-13-26)19-34-30(36)4-2-1-3-5-31(37)38/h6-17,27,29,33,35H,1-5,18-21H2,(H,34,36)(H,37,38)(H,39,40). The van der Waals surface area contributed by atoms with E-state index in [1.54, 1.807) is 36.0 Å². The van der Waals surface area contributed by atoms with Crippen LogP contribution in [0.5, 0.6) is 0 Å². The summed E-state index contributed by atoms with van der Waals surface area (Å²) in [6.07, 6.45) is 2.10. The van der Waals surface area contributed by atoms with Gasteiger partial charge in [0, 0.05) is 42.0 Å². The summed E-state index contributed by atoms with van der Waals surface area (Å²) in [5, 5.41) is 30.2. The molecule has 0 aliphatic carbocycles. The number of hydrogen-bond acceptors (Lipinski definition) is 7. The highest BCUT2D eigenvalue weighted by Gasteiger charge is 2.32. The van der Waals surface area contributed by atoms with Crippen LogP contribution in [0.15, 0.2) is 77.7 Å². The normalized spacial score (nSPS) is 18.2. The second-order valence-electron chi connectivity index (χ2n) is 10.5. The molecule has 0 bridgehead atoms. The molecule has 1 saturated heterocycles. The first-order valence-corrected chi connectivity index (χ1v) is 15.3. The second kappa shape index (κ2) is 16.2. The zero-order valence-electron chi connectivity index (χ0n) is 23.8. The van der Waals surface area contributed by atoms with E-state index in [1.807, 2.05) is 48.5 Å². The molecule has 4 rings (SSSR count). The fourth-order valence-corrected chi connectivity index (χ4v) is 5.65. The molecule has 1 aliphatic rings. The van der Waals surface area contributed by atoms with E-state index < -0.39 is 18.2 Å². The first kappa shape index (κ1) is 32.2. The number of carbonyl (C=O) groups is 3. The van der Waals surface area contributed by atoms with E-state index in [0.717, 1.165) is 27.1 Å². The van der Waals surface area contributed by atoms with Gasteiger partial charge in [0.05, 0.1) is 24.4 Å². The lowest BCUT2D eigenvalue weighted by atomic mass is 10.0. The molecule has 0 saturated carbocycles. The molecule has 1 heterocycles. The van der Waals surface area contributed by atoms with Crippen LogP contribution in [-0.4, -0.2) is 45.0 Å². The molecule has 3 aromatic rings. The number of carboxylic acid groups (broad SMARTS) is 2. The number of benzene rings is 3. The van der Waals surface area contributed by atoms with Gasteiger partial charge >= 0.3 is 11.9 Å². The summed E-state index contributed by atoms with van der Waals surface area (Å²) in [6.45, 7) is 0.359. The number of aliphatic hydroxyl groups excluding tert-OH is 1. The molecule has 1 aliphatic heterocycles. The van der Waals surface area contributed by atoms with Crippen LogP contribution in [0, 0.1) is 0 Å². The molecule has 10 heteroatoms. The topological polar surface area (TPSA) is 142 Å². The number of unbranched alkanes of at least 4 members (excludes halogenated alkanes) is 2. The van der Waals surface area contributed by atoms with Crippen molar-refractivity contribution < 1.29 is 39.2 Å². The van der Waals surface area contributed by atoms with Crippen molar-refractivity contribution in [3.8, 4) is 0 Å². The van der Waals surface area contributed by atoms with Crippen molar-refractivity contribution in [2.24, 2.45) is 0 Å². The maximum atomic E-state index is 12.2. The molecule has 43 heavy (non-hydrogen) atoms. The fourth-order valence-electron chi connectivity index (χ4n) is 4.73. The number of rotatable bonds is 15. The largest absolute Gasteiger partial charge is 0.481 e. The molecule has 228 valence electrons. The number of amides is 1. The molecule has 4 N–H and O–H groups in total. The summed E-state index contributed by atoms with van der Waals surface area (Å²) in [5.41, 5.74) is 3.85. The van der Waals surface area contributed by atoms with Gasteiger partial charge in [0.1, 0.15) is 0 Å². The highest BCUT2D eigenvalue weighted by molar-refractivity contribution is 7.99. The predicted molar refractivity (Wildman–Crippen MR) is 162 cm³/mol. The molecule has 9 nitrogen and oxygen atoms in total. The van der Waals surface area contributed by atoms with E-state index >= 15 is 0 Å². The maximum Gasteiger partial charge on any atom is 0.335 e. The molecule has 1 amide bonds. The Morgan fingerprint density at radius 2 is 1.44 bits per heavy atom. The molecule has 1 fully saturated rings. The van der Waals surface area contributed by atoms with Gasteiger partial charge in [-0.2, -0.15) is 0 Å². The van der Waals surface area contributed by atoms with Gasteiger partial charge < -0.3 is 30.1 Å². The zero-order valence-corrected chi connectivity index (χ0v) is 24.6. The Balaban J connectivity index is 1.36. The molecule has 0 radical (unpaired) electrons. The van der Waals surface area contributed by atoms with Gasteiger partial charge in [-0.25, -0.2) is 4.79 Å². The number of thioether (sulfide) groups is 1. The van der Waals surface area contributed by atoms with Gasteiger partial charge in [0.15, 0.2) is 6.29 Å². The summed E-state index contributed by atoms with van der Waals surface area (Å²) >= 11 is 1.60. The number of aliphatic carboxylic acids is 1. The third kappa shape index (κ3) is 10.2. The van der Waals surface area contributed by atoms with Gasteiger partial charge in [0.2, 0.25) is 5.91 Å². The SMILES string of the molecule is O=C(O)CCCCCC(=O)NCc1ccc(C2OC(CSc3ccc(C(=O)O)cc3)CC(c3ccc(CO)cc3)O2)cc1. The molecule has 3 aromatic carbocycles. The Morgan fingerprint density at radius 3 is 2.09 bits per heavy atom. The quantitative estimate of drug-likeness (QED) is 0.123. The van der Waals surface area contributed by atoms with Gasteiger partial charge in [-0.05, 0) is 53.8 Å².